The molecule has 2 rings (SSSR count). The molecule has 3 nitrogen and oxygen atoms in total. The fraction of sp³-hybridized carbons (Fsp3) is 0.308. The van der Waals surface area contributed by atoms with Crippen LogP contribution in [0.3, 0.4) is 0 Å². The molecule has 0 aliphatic carbocycles. The molecular formula is C13H15NO2S. The van der Waals surface area contributed by atoms with Crippen molar-refractivity contribution >= 4 is 17.7 Å². The Balaban J connectivity index is 2.00. The summed E-state index contributed by atoms with van der Waals surface area (Å²) < 4.78 is 4.95. The molecule has 90 valence electrons. The number of carbonyl (C=O) groups is 1. The Morgan fingerprint density at radius 3 is 2.82 bits per heavy atom. The standard InChI is InChI=1S/C13H15NO2S/c1-2-16-13(15)12-8-14-11(9-17-12)10-6-4-3-5-7-10/h3-8,11,14H,2,9H2,1H3. The van der Waals surface area contributed by atoms with Gasteiger partial charge in [-0.25, -0.2) is 4.79 Å². The Hall–Kier alpha value is -1.42. The van der Waals surface area contributed by atoms with E-state index in [1.807, 2.05) is 25.1 Å². The summed E-state index contributed by atoms with van der Waals surface area (Å²) in [6.07, 6.45) is 1.75. The molecule has 0 radical (unpaired) electrons. The summed E-state index contributed by atoms with van der Waals surface area (Å²) in [5.74, 6) is 0.603. The Morgan fingerprint density at radius 2 is 2.24 bits per heavy atom. The van der Waals surface area contributed by atoms with E-state index in [0.717, 1.165) is 5.75 Å². The van der Waals surface area contributed by atoms with Crippen LogP contribution >= 0.6 is 11.8 Å². The summed E-state index contributed by atoms with van der Waals surface area (Å²) in [6.45, 7) is 2.23. The van der Waals surface area contributed by atoms with Gasteiger partial charge >= 0.3 is 5.97 Å². The van der Waals surface area contributed by atoms with Gasteiger partial charge in [-0.05, 0) is 12.5 Å². The highest BCUT2D eigenvalue weighted by Crippen LogP contribution is 2.28. The minimum Gasteiger partial charge on any atom is -0.462 e. The summed E-state index contributed by atoms with van der Waals surface area (Å²) in [5.41, 5.74) is 1.24. The maximum atomic E-state index is 11.5. The van der Waals surface area contributed by atoms with E-state index in [9.17, 15) is 4.79 Å². The van der Waals surface area contributed by atoms with E-state index in [2.05, 4.69) is 17.4 Å². The minimum atomic E-state index is -0.239. The van der Waals surface area contributed by atoms with E-state index in [-0.39, 0.29) is 12.0 Å². The number of hydrogen-bond donors (Lipinski definition) is 1. The maximum Gasteiger partial charge on any atom is 0.346 e. The number of esters is 1. The lowest BCUT2D eigenvalue weighted by Crippen LogP contribution is -2.24. The van der Waals surface area contributed by atoms with Crippen LogP contribution < -0.4 is 5.32 Å². The third kappa shape index (κ3) is 3.03. The normalized spacial score (nSPS) is 19.1. The third-order valence-corrected chi connectivity index (χ3v) is 3.60. The van der Waals surface area contributed by atoms with Gasteiger partial charge in [-0.2, -0.15) is 0 Å². The molecule has 1 atom stereocenters. The number of ether oxygens (including phenoxy) is 1. The first-order valence-corrected chi connectivity index (χ1v) is 6.61. The van der Waals surface area contributed by atoms with Crippen molar-refractivity contribution < 1.29 is 9.53 Å². The van der Waals surface area contributed by atoms with Crippen LogP contribution in [0.15, 0.2) is 41.4 Å². The summed E-state index contributed by atoms with van der Waals surface area (Å²) in [6, 6.07) is 10.5. The van der Waals surface area contributed by atoms with Gasteiger partial charge in [0.1, 0.15) is 4.91 Å². The molecule has 0 aromatic heterocycles. The molecule has 0 bridgehead atoms. The van der Waals surface area contributed by atoms with Gasteiger partial charge in [0.25, 0.3) is 0 Å². The van der Waals surface area contributed by atoms with Gasteiger partial charge in [0.15, 0.2) is 0 Å². The van der Waals surface area contributed by atoms with Crippen molar-refractivity contribution in [2.45, 2.75) is 13.0 Å². The van der Waals surface area contributed by atoms with Crippen molar-refractivity contribution in [3.8, 4) is 0 Å². The fourth-order valence-corrected chi connectivity index (χ4v) is 2.60. The molecule has 4 heteroatoms. The summed E-state index contributed by atoms with van der Waals surface area (Å²) in [4.78, 5) is 12.1. The summed E-state index contributed by atoms with van der Waals surface area (Å²) in [7, 11) is 0. The second kappa shape index (κ2) is 5.77. The molecule has 0 fully saturated rings. The number of carbonyl (C=O) groups excluding carboxylic acids is 1. The first-order chi connectivity index (χ1) is 8.31. The first-order valence-electron chi connectivity index (χ1n) is 5.62. The Bertz CT molecular complexity index is 417. The molecule has 1 aliphatic rings. The predicted molar refractivity (Wildman–Crippen MR) is 69.5 cm³/mol. The molecule has 0 saturated heterocycles. The van der Waals surface area contributed by atoms with Crippen LogP contribution in [0.25, 0.3) is 0 Å². The highest BCUT2D eigenvalue weighted by Gasteiger charge is 2.20. The number of benzene rings is 1. The monoisotopic (exact) mass is 249 g/mol. The average Bonchev–Trinajstić information content (AvgIpc) is 2.40. The highest BCUT2D eigenvalue weighted by atomic mass is 32.2. The zero-order valence-corrected chi connectivity index (χ0v) is 10.5. The fourth-order valence-electron chi connectivity index (χ4n) is 1.64. The van der Waals surface area contributed by atoms with Crippen molar-refractivity contribution in [1.29, 1.82) is 0 Å². The molecule has 1 aliphatic heterocycles. The molecule has 1 aromatic carbocycles. The van der Waals surface area contributed by atoms with Gasteiger partial charge < -0.3 is 10.1 Å². The van der Waals surface area contributed by atoms with Crippen LogP contribution in [0.5, 0.6) is 0 Å². The van der Waals surface area contributed by atoms with Crippen molar-refractivity contribution in [3.63, 3.8) is 0 Å². The average molecular weight is 249 g/mol. The number of thioether (sulfide) groups is 1. The first kappa shape index (κ1) is 12.0. The zero-order valence-electron chi connectivity index (χ0n) is 9.68. The Labute approximate surface area is 105 Å². The lowest BCUT2D eigenvalue weighted by atomic mass is 10.1. The van der Waals surface area contributed by atoms with Crippen molar-refractivity contribution in [2.75, 3.05) is 12.4 Å². The van der Waals surface area contributed by atoms with E-state index in [1.54, 1.807) is 6.20 Å². The van der Waals surface area contributed by atoms with Gasteiger partial charge in [-0.3, -0.25) is 0 Å². The topological polar surface area (TPSA) is 38.3 Å². The van der Waals surface area contributed by atoms with Gasteiger partial charge in [-0.1, -0.05) is 30.3 Å². The molecular weight excluding hydrogens is 234 g/mol. The van der Waals surface area contributed by atoms with E-state index in [1.165, 1.54) is 17.3 Å². The van der Waals surface area contributed by atoms with Crippen LogP contribution in [0, 0.1) is 0 Å². The van der Waals surface area contributed by atoms with Crippen LogP contribution in [0.2, 0.25) is 0 Å². The quantitative estimate of drug-likeness (QED) is 0.835. The molecule has 1 N–H and O–H groups in total. The second-order valence-electron chi connectivity index (χ2n) is 3.67. The van der Waals surface area contributed by atoms with Crippen LogP contribution in [0.1, 0.15) is 18.5 Å². The molecule has 0 saturated carbocycles. The van der Waals surface area contributed by atoms with E-state index >= 15 is 0 Å². The van der Waals surface area contributed by atoms with Gasteiger partial charge in [-0.15, -0.1) is 11.8 Å². The molecule has 1 heterocycles. The zero-order chi connectivity index (χ0) is 12.1. The smallest absolute Gasteiger partial charge is 0.346 e. The molecule has 1 aromatic rings. The molecule has 1 unspecified atom stereocenters. The largest absolute Gasteiger partial charge is 0.462 e. The van der Waals surface area contributed by atoms with Crippen molar-refractivity contribution in [3.05, 3.63) is 47.0 Å². The third-order valence-electron chi connectivity index (χ3n) is 2.50. The number of rotatable bonds is 3. The van der Waals surface area contributed by atoms with Crippen LogP contribution in [-0.4, -0.2) is 18.3 Å². The minimum absolute atomic E-state index is 0.239. The molecule has 0 spiro atoms. The lowest BCUT2D eigenvalue weighted by molar-refractivity contribution is -0.137. The number of hydrogen-bond acceptors (Lipinski definition) is 4. The number of nitrogens with one attached hydrogen (secondary N) is 1. The lowest BCUT2D eigenvalue weighted by Gasteiger charge is -2.23. The maximum absolute atomic E-state index is 11.5. The Morgan fingerprint density at radius 1 is 1.47 bits per heavy atom. The van der Waals surface area contributed by atoms with Gasteiger partial charge in [0.2, 0.25) is 0 Å². The highest BCUT2D eigenvalue weighted by molar-refractivity contribution is 8.04. The van der Waals surface area contributed by atoms with E-state index in [4.69, 9.17) is 4.74 Å². The second-order valence-corrected chi connectivity index (χ2v) is 4.73. The Kier molecular flexibility index (Phi) is 4.09. The van der Waals surface area contributed by atoms with Crippen molar-refractivity contribution in [2.24, 2.45) is 0 Å². The summed E-state index contributed by atoms with van der Waals surface area (Å²) in [5, 5.41) is 3.24. The van der Waals surface area contributed by atoms with Gasteiger partial charge in [0.05, 0.1) is 12.6 Å². The molecule has 0 amide bonds. The SMILES string of the molecule is CCOC(=O)C1=CNC(c2ccccc2)CS1. The van der Waals surface area contributed by atoms with E-state index < -0.39 is 0 Å². The van der Waals surface area contributed by atoms with Gasteiger partial charge in [0, 0.05) is 12.0 Å². The van der Waals surface area contributed by atoms with Crippen LogP contribution in [-0.2, 0) is 9.53 Å². The van der Waals surface area contributed by atoms with E-state index in [0.29, 0.717) is 11.5 Å². The summed E-state index contributed by atoms with van der Waals surface area (Å²) >= 11 is 1.54. The molecule has 17 heavy (non-hydrogen) atoms. The van der Waals surface area contributed by atoms with Crippen molar-refractivity contribution in [1.82, 2.24) is 5.32 Å². The predicted octanol–water partition coefficient (Wildman–Crippen LogP) is 2.47. The van der Waals surface area contributed by atoms with Crippen LogP contribution in [0.4, 0.5) is 0 Å².